The van der Waals surface area contributed by atoms with E-state index in [9.17, 15) is 4.79 Å². The third-order valence-electron chi connectivity index (χ3n) is 7.36. The molecule has 5 heterocycles. The number of hydrogen-bond donors (Lipinski definition) is 5. The van der Waals surface area contributed by atoms with Gasteiger partial charge >= 0.3 is 0 Å². The van der Waals surface area contributed by atoms with Gasteiger partial charge in [0, 0.05) is 42.4 Å². The first kappa shape index (κ1) is 23.8. The number of para-hydroxylation sites is 1. The van der Waals surface area contributed by atoms with Gasteiger partial charge in [-0.25, -0.2) is 15.4 Å². The first-order valence-electron chi connectivity index (χ1n) is 12.8. The van der Waals surface area contributed by atoms with E-state index in [0.29, 0.717) is 5.92 Å². The van der Waals surface area contributed by atoms with E-state index >= 15 is 0 Å². The number of piperidine rings is 1. The van der Waals surface area contributed by atoms with E-state index in [4.69, 9.17) is 4.98 Å². The SMILES string of the molecule is Cc1cn(-c2cccc3[nH]c(C4NNC5CNC(c6cncc(NC(=O)C(C)(C)C)c6)CC54)nc23)cn1. The number of amides is 1. The van der Waals surface area contributed by atoms with Crippen LogP contribution in [-0.4, -0.2) is 43.0 Å². The molecule has 0 saturated carbocycles. The Labute approximate surface area is 215 Å². The molecule has 2 aliphatic heterocycles. The summed E-state index contributed by atoms with van der Waals surface area (Å²) in [5.74, 6) is 1.21. The fraction of sp³-hybridized carbons (Fsp3) is 0.407. The maximum atomic E-state index is 12.5. The quantitative estimate of drug-likeness (QED) is 0.292. The van der Waals surface area contributed by atoms with Crippen molar-refractivity contribution in [3.05, 3.63) is 66.3 Å². The number of aromatic amines is 1. The van der Waals surface area contributed by atoms with Gasteiger partial charge in [0.25, 0.3) is 0 Å². The lowest BCUT2D eigenvalue weighted by atomic mass is 9.82. The molecule has 192 valence electrons. The predicted molar refractivity (Wildman–Crippen MR) is 142 cm³/mol. The fourth-order valence-corrected chi connectivity index (χ4v) is 5.28. The number of hydrazine groups is 1. The van der Waals surface area contributed by atoms with Gasteiger partial charge in [0.05, 0.1) is 41.2 Å². The summed E-state index contributed by atoms with van der Waals surface area (Å²) in [7, 11) is 0. The molecule has 1 amide bonds. The number of pyridine rings is 1. The molecule has 2 saturated heterocycles. The van der Waals surface area contributed by atoms with Gasteiger partial charge in [-0.15, -0.1) is 0 Å². The van der Waals surface area contributed by atoms with Crippen molar-refractivity contribution in [3.8, 4) is 5.69 Å². The van der Waals surface area contributed by atoms with Gasteiger partial charge in [-0.05, 0) is 37.1 Å². The van der Waals surface area contributed by atoms with Crippen LogP contribution in [0.3, 0.4) is 0 Å². The van der Waals surface area contributed by atoms with Gasteiger partial charge in [0.2, 0.25) is 5.91 Å². The molecule has 37 heavy (non-hydrogen) atoms. The van der Waals surface area contributed by atoms with Crippen LogP contribution in [0.15, 0.2) is 49.2 Å². The third-order valence-corrected chi connectivity index (χ3v) is 7.36. The Balaban J connectivity index is 1.25. The predicted octanol–water partition coefficient (Wildman–Crippen LogP) is 3.30. The molecule has 0 aliphatic carbocycles. The molecular weight excluding hydrogens is 466 g/mol. The van der Waals surface area contributed by atoms with Crippen LogP contribution in [0, 0.1) is 18.3 Å². The van der Waals surface area contributed by atoms with Gasteiger partial charge in [-0.3, -0.25) is 15.2 Å². The van der Waals surface area contributed by atoms with E-state index < -0.39 is 5.41 Å². The standard InChI is InChI=1S/C27H33N9O/c1-15-13-36(14-30-15)22-7-5-6-19-24(22)33-25(32-19)23-18-9-20(29-12-21(18)34-35-23)16-8-17(11-28-10-16)31-26(37)27(2,3)4/h5-8,10-11,13-14,18,20-21,23,29,34-35H,9,12H2,1-4H3,(H,31,37)(H,32,33). The number of benzene rings is 1. The Morgan fingerprint density at radius 2 is 2.05 bits per heavy atom. The Bertz CT molecular complexity index is 1450. The van der Waals surface area contributed by atoms with E-state index in [-0.39, 0.29) is 24.0 Å². The maximum Gasteiger partial charge on any atom is 0.229 e. The minimum absolute atomic E-state index is 0.0255. The summed E-state index contributed by atoms with van der Waals surface area (Å²) in [6.07, 6.45) is 8.33. The lowest BCUT2D eigenvalue weighted by Crippen LogP contribution is -2.46. The highest BCUT2D eigenvalue weighted by molar-refractivity contribution is 5.94. The van der Waals surface area contributed by atoms with E-state index in [0.717, 1.165) is 52.5 Å². The maximum absolute atomic E-state index is 12.5. The van der Waals surface area contributed by atoms with Crippen molar-refractivity contribution < 1.29 is 4.79 Å². The number of carbonyl (C=O) groups is 1. The highest BCUT2D eigenvalue weighted by Crippen LogP contribution is 2.38. The zero-order valence-corrected chi connectivity index (χ0v) is 21.5. The van der Waals surface area contributed by atoms with Crippen molar-refractivity contribution in [2.45, 2.75) is 52.2 Å². The summed E-state index contributed by atoms with van der Waals surface area (Å²) in [4.78, 5) is 29.9. The summed E-state index contributed by atoms with van der Waals surface area (Å²) in [6.45, 7) is 8.51. The van der Waals surface area contributed by atoms with Gasteiger partial charge < -0.3 is 20.2 Å². The number of nitrogens with zero attached hydrogens (tertiary/aromatic N) is 4. The molecule has 2 fully saturated rings. The average molecular weight is 500 g/mol. The normalized spacial score (nSPS) is 23.8. The van der Waals surface area contributed by atoms with E-state index in [1.54, 1.807) is 6.20 Å². The summed E-state index contributed by atoms with van der Waals surface area (Å²) >= 11 is 0. The lowest BCUT2D eigenvalue weighted by Gasteiger charge is -2.34. The van der Waals surface area contributed by atoms with Gasteiger partial charge in [0.1, 0.15) is 11.3 Å². The van der Waals surface area contributed by atoms with Crippen LogP contribution in [0.4, 0.5) is 5.69 Å². The third kappa shape index (κ3) is 4.52. The van der Waals surface area contributed by atoms with Gasteiger partial charge in [-0.2, -0.15) is 0 Å². The molecule has 6 rings (SSSR count). The summed E-state index contributed by atoms with van der Waals surface area (Å²) in [6, 6.07) is 8.64. The lowest BCUT2D eigenvalue weighted by molar-refractivity contribution is -0.123. The number of hydrogen-bond acceptors (Lipinski definition) is 7. The van der Waals surface area contributed by atoms with Crippen LogP contribution in [0.2, 0.25) is 0 Å². The number of carbonyl (C=O) groups excluding carboxylic acids is 1. The molecule has 4 unspecified atom stereocenters. The number of aromatic nitrogens is 5. The molecule has 4 aromatic rings. The number of H-pyrrole nitrogens is 1. The zero-order chi connectivity index (χ0) is 25.7. The Morgan fingerprint density at radius 1 is 1.19 bits per heavy atom. The van der Waals surface area contributed by atoms with Crippen LogP contribution >= 0.6 is 0 Å². The first-order chi connectivity index (χ1) is 17.8. The number of aryl methyl sites for hydroxylation is 1. The smallest absolute Gasteiger partial charge is 0.229 e. The van der Waals surface area contributed by atoms with Crippen molar-refractivity contribution in [1.29, 1.82) is 0 Å². The Morgan fingerprint density at radius 3 is 2.84 bits per heavy atom. The molecule has 4 atom stereocenters. The van der Waals surface area contributed by atoms with Crippen LogP contribution < -0.4 is 21.5 Å². The fourth-order valence-electron chi connectivity index (χ4n) is 5.28. The van der Waals surface area contributed by atoms with Crippen molar-refractivity contribution in [3.63, 3.8) is 0 Å². The van der Waals surface area contributed by atoms with Gasteiger partial charge in [0.15, 0.2) is 0 Å². The highest BCUT2D eigenvalue weighted by atomic mass is 16.2. The highest BCUT2D eigenvalue weighted by Gasteiger charge is 2.42. The second-order valence-electron chi connectivity index (χ2n) is 11.2. The Hall–Kier alpha value is -3.60. The number of fused-ring (bicyclic) bond motifs is 2. The molecular formula is C27H33N9O. The minimum atomic E-state index is -0.468. The molecule has 10 heteroatoms. The molecule has 3 aromatic heterocycles. The number of rotatable bonds is 4. The monoisotopic (exact) mass is 499 g/mol. The van der Waals surface area contributed by atoms with Crippen LogP contribution in [-0.2, 0) is 4.79 Å². The van der Waals surface area contributed by atoms with E-state index in [2.05, 4.69) is 48.6 Å². The second-order valence-corrected chi connectivity index (χ2v) is 11.2. The minimum Gasteiger partial charge on any atom is -0.341 e. The van der Waals surface area contributed by atoms with Gasteiger partial charge in [-0.1, -0.05) is 26.8 Å². The number of imidazole rings is 2. The number of nitrogens with one attached hydrogen (secondary N) is 5. The molecule has 0 radical (unpaired) electrons. The van der Waals surface area contributed by atoms with E-state index in [1.165, 1.54) is 0 Å². The molecule has 5 N–H and O–H groups in total. The molecule has 2 aliphatic rings. The number of anilines is 1. The Kier molecular flexibility index (Phi) is 5.82. The molecule has 0 bridgehead atoms. The zero-order valence-electron chi connectivity index (χ0n) is 21.5. The summed E-state index contributed by atoms with van der Waals surface area (Å²) in [5.41, 5.74) is 12.2. The van der Waals surface area contributed by atoms with Crippen LogP contribution in [0.25, 0.3) is 16.7 Å². The molecule has 0 spiro atoms. The van der Waals surface area contributed by atoms with E-state index in [1.807, 2.05) is 63.1 Å². The van der Waals surface area contributed by atoms with Crippen molar-refractivity contribution in [1.82, 2.24) is 40.7 Å². The van der Waals surface area contributed by atoms with Crippen molar-refractivity contribution in [2.24, 2.45) is 11.3 Å². The van der Waals surface area contributed by atoms with Crippen LogP contribution in [0.5, 0.6) is 0 Å². The van der Waals surface area contributed by atoms with Crippen molar-refractivity contribution >= 4 is 22.6 Å². The topological polar surface area (TPSA) is 125 Å². The summed E-state index contributed by atoms with van der Waals surface area (Å²) in [5, 5.41) is 6.66. The molecule has 10 nitrogen and oxygen atoms in total. The van der Waals surface area contributed by atoms with Crippen molar-refractivity contribution in [2.75, 3.05) is 11.9 Å². The summed E-state index contributed by atoms with van der Waals surface area (Å²) < 4.78 is 2.02. The average Bonchev–Trinajstić information content (AvgIpc) is 3.60. The largest absolute Gasteiger partial charge is 0.341 e. The molecule has 1 aromatic carbocycles. The second kappa shape index (κ2) is 9.05. The first-order valence-corrected chi connectivity index (χ1v) is 12.8. The van der Waals surface area contributed by atoms with Crippen LogP contribution in [0.1, 0.15) is 56.4 Å².